The van der Waals surface area contributed by atoms with Gasteiger partial charge in [-0.15, -0.1) is 0 Å². The molecule has 0 spiro atoms. The second-order valence-electron chi connectivity index (χ2n) is 6.69. The first-order chi connectivity index (χ1) is 11.7. The summed E-state index contributed by atoms with van der Waals surface area (Å²) in [5.74, 6) is 6.45. The molecule has 0 radical (unpaired) electrons. The van der Waals surface area contributed by atoms with E-state index in [9.17, 15) is 9.59 Å². The molecule has 6 nitrogen and oxygen atoms in total. The zero-order valence-electron chi connectivity index (χ0n) is 17.1. The molecule has 0 aliphatic carbocycles. The first-order valence-electron chi connectivity index (χ1n) is 9.53. The van der Waals surface area contributed by atoms with Crippen molar-refractivity contribution in [2.45, 2.75) is 73.6 Å². The highest BCUT2D eigenvalue weighted by atomic mass is 16.2. The van der Waals surface area contributed by atoms with Crippen LogP contribution in [0, 0.1) is 11.8 Å². The van der Waals surface area contributed by atoms with Crippen molar-refractivity contribution in [3.63, 3.8) is 0 Å². The number of nitrogens with two attached hydrogens (primary N) is 2. The van der Waals surface area contributed by atoms with Gasteiger partial charge in [0.05, 0.1) is 0 Å². The fourth-order valence-electron chi connectivity index (χ4n) is 2.00. The number of nitrogens with zero attached hydrogens (tertiary/aromatic N) is 1. The highest BCUT2D eigenvalue weighted by Gasteiger charge is 2.08. The Balaban J connectivity index is 0. The van der Waals surface area contributed by atoms with Gasteiger partial charge in [-0.05, 0) is 31.6 Å². The molecule has 0 saturated heterocycles. The van der Waals surface area contributed by atoms with Crippen LogP contribution >= 0.6 is 0 Å². The zero-order valence-corrected chi connectivity index (χ0v) is 17.1. The number of hydrogen-bond donors (Lipinski definition) is 3. The summed E-state index contributed by atoms with van der Waals surface area (Å²) in [6.07, 6.45) is 5.62. The molecule has 6 heteroatoms. The van der Waals surface area contributed by atoms with E-state index in [4.69, 9.17) is 11.6 Å². The van der Waals surface area contributed by atoms with Gasteiger partial charge in [-0.1, -0.05) is 41.5 Å². The number of amides is 1. The average Bonchev–Trinajstić information content (AvgIpc) is 2.55. The van der Waals surface area contributed by atoms with Crippen LogP contribution in [0.3, 0.4) is 0 Å². The molecule has 0 aromatic rings. The monoisotopic (exact) mass is 356 g/mol. The Hall–Kier alpha value is -1.56. The maximum Gasteiger partial charge on any atom is 0.268 e. The van der Waals surface area contributed by atoms with Crippen molar-refractivity contribution in [3.05, 3.63) is 11.9 Å². The average molecular weight is 357 g/mol. The van der Waals surface area contributed by atoms with Crippen LogP contribution in [-0.4, -0.2) is 29.8 Å². The van der Waals surface area contributed by atoms with Gasteiger partial charge in [0.15, 0.2) is 0 Å². The van der Waals surface area contributed by atoms with Crippen LogP contribution in [0.4, 0.5) is 0 Å². The molecule has 0 saturated carbocycles. The summed E-state index contributed by atoms with van der Waals surface area (Å²) in [5, 5.41) is 4.20. The van der Waals surface area contributed by atoms with Crippen LogP contribution in [0.1, 0.15) is 73.6 Å². The van der Waals surface area contributed by atoms with Crippen LogP contribution in [0.2, 0.25) is 0 Å². The molecule has 1 amide bonds. The zero-order chi connectivity index (χ0) is 19.8. The van der Waals surface area contributed by atoms with Crippen molar-refractivity contribution < 1.29 is 9.59 Å². The Morgan fingerprint density at radius 2 is 1.68 bits per heavy atom. The summed E-state index contributed by atoms with van der Waals surface area (Å²) in [7, 11) is 0. The van der Waals surface area contributed by atoms with E-state index in [1.54, 1.807) is 0 Å². The van der Waals surface area contributed by atoms with E-state index in [0.29, 0.717) is 25.4 Å². The lowest BCUT2D eigenvalue weighted by atomic mass is 10.0. The molecule has 0 aromatic heterocycles. The van der Waals surface area contributed by atoms with Gasteiger partial charge in [-0.2, -0.15) is 0 Å². The Bertz CT molecular complexity index is 393. The summed E-state index contributed by atoms with van der Waals surface area (Å²) >= 11 is 0. The normalized spacial score (nSPS) is 11.2. The van der Waals surface area contributed by atoms with Crippen LogP contribution in [0.5, 0.6) is 0 Å². The van der Waals surface area contributed by atoms with Crippen molar-refractivity contribution in [1.29, 1.82) is 0 Å². The van der Waals surface area contributed by atoms with E-state index < -0.39 is 0 Å². The number of carbonyl (C=O) groups is 2. The molecule has 0 bridgehead atoms. The lowest BCUT2D eigenvalue weighted by Gasteiger charge is -2.15. The lowest BCUT2D eigenvalue weighted by Crippen LogP contribution is -2.34. The summed E-state index contributed by atoms with van der Waals surface area (Å²) in [6, 6.07) is 0. The van der Waals surface area contributed by atoms with Crippen LogP contribution in [0.15, 0.2) is 11.9 Å². The summed E-state index contributed by atoms with van der Waals surface area (Å²) in [6.45, 7) is 13.3. The number of unbranched alkanes of at least 4 members (excludes halogenated alkanes) is 1. The van der Waals surface area contributed by atoms with Gasteiger partial charge >= 0.3 is 0 Å². The molecule has 0 rings (SSSR count). The van der Waals surface area contributed by atoms with Gasteiger partial charge in [0.25, 0.3) is 5.91 Å². The van der Waals surface area contributed by atoms with Gasteiger partial charge < -0.3 is 16.1 Å². The molecule has 0 aliphatic rings. The largest absolute Gasteiger partial charge is 0.393 e. The highest BCUT2D eigenvalue weighted by molar-refractivity contribution is 5.92. The third-order valence-electron chi connectivity index (χ3n) is 3.54. The van der Waals surface area contributed by atoms with Gasteiger partial charge in [0, 0.05) is 31.6 Å². The molecular weight excluding hydrogens is 316 g/mol. The standard InChI is InChI=1S/C17H34N4O2.C2H6/c1-13(2)8-7-11-21(19)12-15(18)17(23)20-10-6-5-9-16(22)14(3)4;1-2/h12-14H,5-11,18-19H2,1-4H3,(H,20,23);1-2H3/b15-12-;. The lowest BCUT2D eigenvalue weighted by molar-refractivity contribution is -0.122. The minimum atomic E-state index is -0.320. The summed E-state index contributed by atoms with van der Waals surface area (Å²) < 4.78 is 0. The quantitative estimate of drug-likeness (QED) is 0.216. The van der Waals surface area contributed by atoms with Gasteiger partial charge in [0.1, 0.15) is 11.5 Å². The number of hydrogen-bond acceptors (Lipinski definition) is 5. The second kappa shape index (κ2) is 15.9. The van der Waals surface area contributed by atoms with Crippen molar-refractivity contribution in [3.8, 4) is 0 Å². The Labute approximate surface area is 154 Å². The number of Topliss-reactive ketones (excluding diaryl/α,β-unsaturated/α-hetero) is 1. The summed E-state index contributed by atoms with van der Waals surface area (Å²) in [5.41, 5.74) is 5.83. The Kier molecular flexibility index (Phi) is 16.4. The smallest absolute Gasteiger partial charge is 0.268 e. The summed E-state index contributed by atoms with van der Waals surface area (Å²) in [4.78, 5) is 23.3. The topological polar surface area (TPSA) is 101 Å². The Morgan fingerprint density at radius 3 is 2.20 bits per heavy atom. The van der Waals surface area contributed by atoms with E-state index in [0.717, 1.165) is 25.7 Å². The first-order valence-corrected chi connectivity index (χ1v) is 9.53. The maximum absolute atomic E-state index is 11.8. The molecule has 5 N–H and O–H groups in total. The minimum absolute atomic E-state index is 0.0781. The van der Waals surface area contributed by atoms with E-state index in [1.807, 2.05) is 27.7 Å². The molecule has 0 heterocycles. The molecule has 0 aliphatic heterocycles. The van der Waals surface area contributed by atoms with Crippen LogP contribution in [-0.2, 0) is 9.59 Å². The molecule has 0 unspecified atom stereocenters. The van der Waals surface area contributed by atoms with E-state index in [2.05, 4.69) is 19.2 Å². The van der Waals surface area contributed by atoms with Crippen molar-refractivity contribution in [1.82, 2.24) is 10.3 Å². The number of hydrazine groups is 1. The van der Waals surface area contributed by atoms with Crippen molar-refractivity contribution in [2.24, 2.45) is 23.4 Å². The first kappa shape index (κ1) is 25.7. The minimum Gasteiger partial charge on any atom is -0.393 e. The van der Waals surface area contributed by atoms with Crippen molar-refractivity contribution in [2.75, 3.05) is 13.1 Å². The van der Waals surface area contributed by atoms with Gasteiger partial charge in [-0.3, -0.25) is 9.59 Å². The van der Waals surface area contributed by atoms with E-state index >= 15 is 0 Å². The van der Waals surface area contributed by atoms with Gasteiger partial charge in [-0.25, -0.2) is 5.84 Å². The molecular formula is C19H40N4O2. The molecule has 148 valence electrons. The molecule has 0 fully saturated rings. The second-order valence-corrected chi connectivity index (χ2v) is 6.69. The number of nitrogens with one attached hydrogen (secondary N) is 1. The third-order valence-corrected chi connectivity index (χ3v) is 3.54. The maximum atomic E-state index is 11.8. The number of ketones is 1. The van der Waals surface area contributed by atoms with Crippen LogP contribution < -0.4 is 16.9 Å². The fraction of sp³-hybridized carbons (Fsp3) is 0.789. The SMILES string of the molecule is CC.CC(C)CCCN(N)/C=C(\N)C(=O)NCCCCC(=O)C(C)C. The molecule has 25 heavy (non-hydrogen) atoms. The molecule has 0 aromatic carbocycles. The number of carbonyl (C=O) groups excluding carboxylic acids is 2. The Morgan fingerprint density at radius 1 is 1.08 bits per heavy atom. The number of rotatable bonds is 12. The predicted octanol–water partition coefficient (Wildman–Crippen LogP) is 2.94. The van der Waals surface area contributed by atoms with E-state index in [-0.39, 0.29) is 23.3 Å². The van der Waals surface area contributed by atoms with Crippen molar-refractivity contribution >= 4 is 11.7 Å². The van der Waals surface area contributed by atoms with E-state index in [1.165, 1.54) is 11.2 Å². The highest BCUT2D eigenvalue weighted by Crippen LogP contribution is 2.04. The fourth-order valence-corrected chi connectivity index (χ4v) is 2.00. The van der Waals surface area contributed by atoms with Crippen LogP contribution in [0.25, 0.3) is 0 Å². The predicted molar refractivity (Wildman–Crippen MR) is 105 cm³/mol. The van der Waals surface area contributed by atoms with Gasteiger partial charge in [0.2, 0.25) is 0 Å². The molecule has 0 atom stereocenters. The third kappa shape index (κ3) is 15.7.